The second-order valence-electron chi connectivity index (χ2n) is 7.09. The molecule has 5 heteroatoms. The number of para-hydroxylation sites is 1. The molecule has 27 heavy (non-hydrogen) atoms. The third-order valence-electron chi connectivity index (χ3n) is 5.53. The normalized spacial score (nSPS) is 17.6. The van der Waals surface area contributed by atoms with Crippen LogP contribution in [0.25, 0.3) is 10.9 Å². The van der Waals surface area contributed by atoms with E-state index in [1.165, 1.54) is 18.1 Å². The third kappa shape index (κ3) is 3.24. The second kappa shape index (κ2) is 7.37. The zero-order valence-electron chi connectivity index (χ0n) is 15.2. The largest absolute Gasteiger partial charge is 0.479 e. The molecule has 0 bridgehead atoms. The predicted molar refractivity (Wildman–Crippen MR) is 107 cm³/mol. The Morgan fingerprint density at radius 2 is 2.00 bits per heavy atom. The number of hydrogen-bond acceptors (Lipinski definition) is 2. The number of rotatable bonds is 5. The van der Waals surface area contributed by atoms with E-state index in [2.05, 4.69) is 16.7 Å². The fourth-order valence-electron chi connectivity index (χ4n) is 4.39. The van der Waals surface area contributed by atoms with Gasteiger partial charge in [0.1, 0.15) is 0 Å². The van der Waals surface area contributed by atoms with E-state index in [1.807, 2.05) is 36.4 Å². The monoisotopic (exact) mass is 383 g/mol. The van der Waals surface area contributed by atoms with Gasteiger partial charge in [-0.2, -0.15) is 0 Å². The topological polar surface area (TPSA) is 51.5 Å². The molecule has 0 spiro atoms. The summed E-state index contributed by atoms with van der Waals surface area (Å²) in [6.07, 6.45) is 1.92. The molecule has 4 nitrogen and oxygen atoms in total. The lowest BCUT2D eigenvalue weighted by Gasteiger charge is -2.29. The maximum absolute atomic E-state index is 11.8. The van der Waals surface area contributed by atoms with Crippen LogP contribution in [0.4, 0.5) is 0 Å². The molecule has 4 rings (SSSR count). The highest BCUT2D eigenvalue weighted by atomic mass is 35.5. The Morgan fingerprint density at radius 1 is 1.26 bits per heavy atom. The van der Waals surface area contributed by atoms with Crippen LogP contribution in [0, 0.1) is 0 Å². The van der Waals surface area contributed by atoms with Crippen LogP contribution in [0.2, 0.25) is 5.02 Å². The van der Waals surface area contributed by atoms with Crippen molar-refractivity contribution < 1.29 is 14.6 Å². The van der Waals surface area contributed by atoms with Gasteiger partial charge in [0.05, 0.1) is 0 Å². The summed E-state index contributed by atoms with van der Waals surface area (Å²) in [7, 11) is 1.49. The number of benzene rings is 2. The fraction of sp³-hybridized carbons (Fsp3) is 0.318. The summed E-state index contributed by atoms with van der Waals surface area (Å²) in [6, 6.07) is 16.2. The molecule has 1 aromatic heterocycles. The molecule has 0 amide bonds. The summed E-state index contributed by atoms with van der Waals surface area (Å²) in [6.45, 7) is 0.680. The zero-order valence-corrected chi connectivity index (χ0v) is 15.9. The molecule has 0 radical (unpaired) electrons. The molecule has 2 atom stereocenters. The van der Waals surface area contributed by atoms with E-state index in [9.17, 15) is 9.90 Å². The lowest BCUT2D eigenvalue weighted by Crippen LogP contribution is -2.33. The predicted octanol–water partition coefficient (Wildman–Crippen LogP) is 4.86. The first-order valence-electron chi connectivity index (χ1n) is 9.20. The maximum Gasteiger partial charge on any atom is 0.333 e. The van der Waals surface area contributed by atoms with Crippen LogP contribution in [0.3, 0.4) is 0 Å². The van der Waals surface area contributed by atoms with Crippen molar-refractivity contribution in [2.45, 2.75) is 37.8 Å². The van der Waals surface area contributed by atoms with Crippen molar-refractivity contribution in [1.82, 2.24) is 4.57 Å². The second-order valence-corrected chi connectivity index (χ2v) is 7.52. The van der Waals surface area contributed by atoms with E-state index >= 15 is 0 Å². The van der Waals surface area contributed by atoms with Gasteiger partial charge in [0.25, 0.3) is 0 Å². The highest BCUT2D eigenvalue weighted by Crippen LogP contribution is 2.41. The first-order valence-corrected chi connectivity index (χ1v) is 9.58. The van der Waals surface area contributed by atoms with Gasteiger partial charge in [0.2, 0.25) is 0 Å². The average Bonchev–Trinajstić information content (AvgIpc) is 2.99. The van der Waals surface area contributed by atoms with Crippen molar-refractivity contribution in [1.29, 1.82) is 0 Å². The van der Waals surface area contributed by atoms with Crippen LogP contribution in [-0.2, 0) is 22.5 Å². The van der Waals surface area contributed by atoms with Gasteiger partial charge in [-0.15, -0.1) is 0 Å². The van der Waals surface area contributed by atoms with Gasteiger partial charge < -0.3 is 14.4 Å². The zero-order chi connectivity index (χ0) is 19.0. The fourth-order valence-corrected chi connectivity index (χ4v) is 4.52. The van der Waals surface area contributed by atoms with Gasteiger partial charge in [-0.05, 0) is 48.6 Å². The Kier molecular flexibility index (Phi) is 4.94. The number of carbonyl (C=O) groups is 1. The summed E-state index contributed by atoms with van der Waals surface area (Å²) in [5.41, 5.74) is 4.65. The van der Waals surface area contributed by atoms with Crippen molar-refractivity contribution in [2.24, 2.45) is 0 Å². The SMILES string of the molecule is COC(C(=O)O)C1CCCc2c1n(Cc1ccc(Cl)cc1)c1ccccc21. The van der Waals surface area contributed by atoms with Gasteiger partial charge in [-0.3, -0.25) is 0 Å². The van der Waals surface area contributed by atoms with Crippen LogP contribution in [0.15, 0.2) is 48.5 Å². The van der Waals surface area contributed by atoms with Gasteiger partial charge in [-0.1, -0.05) is 41.9 Å². The van der Waals surface area contributed by atoms with Crippen molar-refractivity contribution in [3.63, 3.8) is 0 Å². The van der Waals surface area contributed by atoms with E-state index in [0.717, 1.165) is 36.0 Å². The summed E-state index contributed by atoms with van der Waals surface area (Å²) < 4.78 is 7.67. The Morgan fingerprint density at radius 3 is 2.70 bits per heavy atom. The minimum absolute atomic E-state index is 0.157. The first-order chi connectivity index (χ1) is 13.1. The number of nitrogens with zero attached hydrogens (tertiary/aromatic N) is 1. The molecule has 1 heterocycles. The molecule has 2 unspecified atom stereocenters. The van der Waals surface area contributed by atoms with Gasteiger partial charge in [-0.25, -0.2) is 4.79 Å². The summed E-state index contributed by atoms with van der Waals surface area (Å²) in [5, 5.41) is 11.6. The summed E-state index contributed by atoms with van der Waals surface area (Å²) in [4.78, 5) is 11.8. The van der Waals surface area contributed by atoms with Crippen LogP contribution in [0.1, 0.15) is 35.6 Å². The number of aliphatic carboxylic acids is 1. The highest BCUT2D eigenvalue weighted by molar-refractivity contribution is 6.30. The van der Waals surface area contributed by atoms with E-state index in [1.54, 1.807) is 0 Å². The average molecular weight is 384 g/mol. The number of aromatic nitrogens is 1. The Labute approximate surface area is 163 Å². The smallest absolute Gasteiger partial charge is 0.333 e. The molecular weight excluding hydrogens is 362 g/mol. The number of hydrogen-bond donors (Lipinski definition) is 1. The Hall–Kier alpha value is -2.30. The van der Waals surface area contributed by atoms with Crippen molar-refractivity contribution in [3.8, 4) is 0 Å². The molecule has 3 aromatic rings. The number of ether oxygens (including phenoxy) is 1. The molecule has 0 aliphatic heterocycles. The number of methoxy groups -OCH3 is 1. The van der Waals surface area contributed by atoms with Gasteiger partial charge >= 0.3 is 5.97 Å². The van der Waals surface area contributed by atoms with Crippen LogP contribution in [-0.4, -0.2) is 28.9 Å². The van der Waals surface area contributed by atoms with E-state index in [4.69, 9.17) is 16.3 Å². The van der Waals surface area contributed by atoms with Crippen LogP contribution >= 0.6 is 11.6 Å². The number of aryl methyl sites for hydroxylation is 1. The lowest BCUT2D eigenvalue weighted by atomic mass is 9.83. The van der Waals surface area contributed by atoms with Gasteiger partial charge in [0.15, 0.2) is 6.10 Å². The molecule has 1 N–H and O–H groups in total. The van der Waals surface area contributed by atoms with Crippen LogP contribution < -0.4 is 0 Å². The van der Waals surface area contributed by atoms with E-state index < -0.39 is 12.1 Å². The maximum atomic E-state index is 11.8. The third-order valence-corrected chi connectivity index (χ3v) is 5.78. The lowest BCUT2D eigenvalue weighted by molar-refractivity contribution is -0.150. The minimum atomic E-state index is -0.904. The molecule has 2 aromatic carbocycles. The van der Waals surface area contributed by atoms with Crippen LogP contribution in [0.5, 0.6) is 0 Å². The standard InChI is InChI=1S/C22H22ClNO3/c1-27-21(22(25)26)18-7-4-6-17-16-5-2-3-8-19(16)24(20(17)18)13-14-9-11-15(23)12-10-14/h2-3,5,8-12,18,21H,4,6-7,13H2,1H3,(H,25,26). The summed E-state index contributed by atoms with van der Waals surface area (Å²) >= 11 is 6.03. The summed E-state index contributed by atoms with van der Waals surface area (Å²) in [5.74, 6) is -1.06. The molecule has 1 aliphatic carbocycles. The van der Waals surface area contributed by atoms with Gasteiger partial charge in [0, 0.05) is 41.2 Å². The Balaban J connectivity index is 1.89. The Bertz CT molecular complexity index is 977. The number of carboxylic acid groups (broad SMARTS) is 1. The minimum Gasteiger partial charge on any atom is -0.479 e. The molecule has 0 fully saturated rings. The molecule has 0 saturated carbocycles. The van der Waals surface area contributed by atoms with Crippen molar-refractivity contribution in [2.75, 3.05) is 7.11 Å². The first kappa shape index (κ1) is 18.1. The number of fused-ring (bicyclic) bond motifs is 3. The number of carboxylic acids is 1. The quantitative estimate of drug-likeness (QED) is 0.684. The number of halogens is 1. The van der Waals surface area contributed by atoms with Crippen molar-refractivity contribution in [3.05, 3.63) is 70.4 Å². The molecule has 0 saturated heterocycles. The highest BCUT2D eigenvalue weighted by Gasteiger charge is 2.36. The van der Waals surface area contributed by atoms with E-state index in [-0.39, 0.29) is 5.92 Å². The van der Waals surface area contributed by atoms with E-state index in [0.29, 0.717) is 11.6 Å². The van der Waals surface area contributed by atoms with Crippen molar-refractivity contribution >= 4 is 28.5 Å². The molecule has 140 valence electrons. The molecule has 1 aliphatic rings. The molecular formula is C22H22ClNO3.